The van der Waals surface area contributed by atoms with Crippen molar-refractivity contribution in [2.45, 2.75) is 342 Å². The molecule has 17 nitrogen and oxygen atoms in total. The van der Waals surface area contributed by atoms with Crippen LogP contribution in [0.2, 0.25) is 0 Å². The highest BCUT2D eigenvalue weighted by Crippen LogP contribution is 2.45. The average Bonchev–Trinajstić information content (AvgIpc) is 3.46. The summed E-state index contributed by atoms with van der Waals surface area (Å²) in [6.45, 7) is 7.09. The molecule has 0 fully saturated rings. The van der Waals surface area contributed by atoms with E-state index in [1.165, 1.54) is 141 Å². The van der Waals surface area contributed by atoms with Gasteiger partial charge in [-0.2, -0.15) is 0 Å². The van der Waals surface area contributed by atoms with Crippen LogP contribution in [-0.4, -0.2) is 96.7 Å². The summed E-state index contributed by atoms with van der Waals surface area (Å²) < 4.78 is 67.8. The molecule has 0 aromatic rings. The summed E-state index contributed by atoms with van der Waals surface area (Å²) in [6, 6.07) is 0. The Kier molecular flexibility index (Phi) is 56.4. The van der Waals surface area contributed by atoms with Gasteiger partial charge in [0.25, 0.3) is 0 Å². The molecule has 2 unspecified atom stereocenters. The van der Waals surface area contributed by atoms with E-state index >= 15 is 0 Å². The number of phosphoric acid groups is 2. The van der Waals surface area contributed by atoms with Crippen LogP contribution in [0.25, 0.3) is 0 Å². The second-order valence-corrected chi connectivity index (χ2v) is 26.5. The molecule has 0 spiro atoms. The smallest absolute Gasteiger partial charge is 0.462 e. The highest BCUT2D eigenvalue weighted by Gasteiger charge is 2.30. The number of hydrogen-bond donors (Lipinski definition) is 3. The highest BCUT2D eigenvalue weighted by molar-refractivity contribution is 7.47. The molecule has 83 heavy (non-hydrogen) atoms. The second kappa shape index (κ2) is 57.8. The number of unbranched alkanes of at least 4 members (excludes halogenated alkanes) is 36. The molecular formula is C64H124O17P2. The van der Waals surface area contributed by atoms with Crippen molar-refractivity contribution in [3.05, 3.63) is 0 Å². The fourth-order valence-corrected chi connectivity index (χ4v) is 11.2. The van der Waals surface area contributed by atoms with E-state index in [1.54, 1.807) is 0 Å². The van der Waals surface area contributed by atoms with Crippen LogP contribution in [0, 0.1) is 5.92 Å². The molecule has 0 aromatic carbocycles. The van der Waals surface area contributed by atoms with Crippen LogP contribution in [0.5, 0.6) is 0 Å². The molecule has 0 saturated carbocycles. The quantitative estimate of drug-likeness (QED) is 0.0222. The maximum Gasteiger partial charge on any atom is 0.472 e. The van der Waals surface area contributed by atoms with Crippen LogP contribution in [0.1, 0.15) is 324 Å². The monoisotopic (exact) mass is 1230 g/mol. The number of hydrogen-bond acceptors (Lipinski definition) is 15. The molecule has 3 N–H and O–H groups in total. The first kappa shape index (κ1) is 81.1. The zero-order valence-electron chi connectivity index (χ0n) is 53.3. The third kappa shape index (κ3) is 58.8. The van der Waals surface area contributed by atoms with E-state index in [1.807, 2.05) is 0 Å². The first-order chi connectivity index (χ1) is 40.0. The van der Waals surface area contributed by atoms with E-state index in [-0.39, 0.29) is 25.7 Å². The minimum atomic E-state index is -4.94. The number of carbonyl (C=O) groups excluding carboxylic acids is 4. The predicted octanol–water partition coefficient (Wildman–Crippen LogP) is 17.8. The summed E-state index contributed by atoms with van der Waals surface area (Å²) in [5.74, 6) is -1.40. The Morgan fingerprint density at radius 2 is 0.554 bits per heavy atom. The van der Waals surface area contributed by atoms with Crippen LogP contribution >= 0.6 is 15.6 Å². The second-order valence-electron chi connectivity index (χ2n) is 23.6. The first-order valence-corrected chi connectivity index (χ1v) is 36.6. The van der Waals surface area contributed by atoms with Gasteiger partial charge in [-0.25, -0.2) is 9.13 Å². The maximum absolute atomic E-state index is 13.0. The molecule has 0 rings (SSSR count). The van der Waals surface area contributed by atoms with Crippen LogP contribution in [-0.2, 0) is 65.4 Å². The number of rotatable bonds is 64. The molecule has 0 aliphatic rings. The fraction of sp³-hybridized carbons (Fsp3) is 0.938. The van der Waals surface area contributed by atoms with E-state index < -0.39 is 97.5 Å². The van der Waals surface area contributed by atoms with Crippen molar-refractivity contribution in [2.75, 3.05) is 39.6 Å². The van der Waals surface area contributed by atoms with Gasteiger partial charge < -0.3 is 33.8 Å². The zero-order chi connectivity index (χ0) is 61.3. The number of esters is 4. The molecular weight excluding hydrogens is 1100 g/mol. The maximum atomic E-state index is 13.0. The molecule has 0 bridgehead atoms. The molecule has 0 aliphatic carbocycles. The predicted molar refractivity (Wildman–Crippen MR) is 331 cm³/mol. The van der Waals surface area contributed by atoms with E-state index in [9.17, 15) is 43.2 Å². The topological polar surface area (TPSA) is 237 Å². The van der Waals surface area contributed by atoms with Crippen molar-refractivity contribution in [2.24, 2.45) is 5.92 Å². The minimum Gasteiger partial charge on any atom is -0.462 e. The molecule has 0 amide bonds. The Morgan fingerprint density at radius 1 is 0.325 bits per heavy atom. The number of phosphoric ester groups is 2. The third-order valence-corrected chi connectivity index (χ3v) is 16.7. The summed E-state index contributed by atoms with van der Waals surface area (Å²) in [5, 5.41) is 10.5. The summed E-state index contributed by atoms with van der Waals surface area (Å²) in [4.78, 5) is 72.0. The molecule has 19 heteroatoms. The van der Waals surface area contributed by atoms with Crippen molar-refractivity contribution < 1.29 is 80.2 Å². The average molecular weight is 1230 g/mol. The minimum absolute atomic E-state index is 0.105. The molecule has 0 aliphatic heterocycles. The Morgan fingerprint density at radius 3 is 0.819 bits per heavy atom. The van der Waals surface area contributed by atoms with Gasteiger partial charge in [-0.05, 0) is 31.6 Å². The third-order valence-electron chi connectivity index (χ3n) is 14.8. The fourth-order valence-electron chi connectivity index (χ4n) is 9.58. The van der Waals surface area contributed by atoms with Gasteiger partial charge in [0.15, 0.2) is 12.2 Å². The van der Waals surface area contributed by atoms with Crippen LogP contribution < -0.4 is 0 Å². The van der Waals surface area contributed by atoms with E-state index in [4.69, 9.17) is 37.0 Å². The van der Waals surface area contributed by atoms with Crippen molar-refractivity contribution in [3.8, 4) is 0 Å². The van der Waals surface area contributed by atoms with Crippen molar-refractivity contribution >= 4 is 39.5 Å². The summed E-state index contributed by atoms with van der Waals surface area (Å²) in [7, 11) is -9.88. The summed E-state index contributed by atoms with van der Waals surface area (Å²) in [5.41, 5.74) is 0. The largest absolute Gasteiger partial charge is 0.472 e. The van der Waals surface area contributed by atoms with Crippen LogP contribution in [0.3, 0.4) is 0 Å². The molecule has 0 heterocycles. The lowest BCUT2D eigenvalue weighted by atomic mass is 10.0. The van der Waals surface area contributed by atoms with Gasteiger partial charge in [-0.15, -0.1) is 0 Å². The van der Waals surface area contributed by atoms with E-state index in [0.29, 0.717) is 25.7 Å². The van der Waals surface area contributed by atoms with E-state index in [2.05, 4.69) is 34.6 Å². The molecule has 492 valence electrons. The SMILES string of the molecule is CCCCCCCCCCCCCCCC(=O)OC[C@H](COP(=O)(O)OC[C@@H](O)COP(=O)(O)OC[C@@H](COC(=O)CCCCCCC)OC(=O)CCCCCCCCCCCC(C)C)OC(=O)CCCCCCCCCCCCCCC. The molecule has 0 saturated heterocycles. The van der Waals surface area contributed by atoms with Gasteiger partial charge in [0.2, 0.25) is 0 Å². The standard InChI is InChI=1S/C64H124O17P2/c1-6-9-12-15-17-19-21-23-25-29-33-38-43-48-62(67)75-54-60(81-63(68)49-44-39-34-30-26-24-22-20-18-16-13-10-7-2)56-79-83(72,73)77-52-58(65)51-76-82(70,71)78-55-59(53-74-61(66)47-42-36-14-11-8-3)80-64(69)50-45-40-35-31-27-28-32-37-41-46-57(4)5/h57-60,65H,6-56H2,1-5H3,(H,70,71)(H,72,73)/t58-,59+,60+/m0/s1. The summed E-state index contributed by atoms with van der Waals surface area (Å²) in [6.07, 6.45) is 41.9. The number of ether oxygens (including phenoxy) is 4. The van der Waals surface area contributed by atoms with Crippen LogP contribution in [0.4, 0.5) is 0 Å². The molecule has 0 aromatic heterocycles. The number of aliphatic hydroxyl groups is 1. The van der Waals surface area contributed by atoms with Gasteiger partial charge in [-0.1, -0.05) is 272 Å². The lowest BCUT2D eigenvalue weighted by Crippen LogP contribution is -2.30. The molecule has 5 atom stereocenters. The van der Waals surface area contributed by atoms with Gasteiger partial charge in [-0.3, -0.25) is 37.3 Å². The highest BCUT2D eigenvalue weighted by atomic mass is 31.2. The lowest BCUT2D eigenvalue weighted by Gasteiger charge is -2.21. The van der Waals surface area contributed by atoms with Crippen molar-refractivity contribution in [1.82, 2.24) is 0 Å². The molecule has 0 radical (unpaired) electrons. The Bertz CT molecular complexity index is 1620. The number of aliphatic hydroxyl groups excluding tert-OH is 1. The lowest BCUT2D eigenvalue weighted by molar-refractivity contribution is -0.161. The van der Waals surface area contributed by atoms with Gasteiger partial charge in [0, 0.05) is 25.7 Å². The summed E-state index contributed by atoms with van der Waals surface area (Å²) >= 11 is 0. The van der Waals surface area contributed by atoms with Gasteiger partial charge >= 0.3 is 39.5 Å². The van der Waals surface area contributed by atoms with Crippen molar-refractivity contribution in [3.63, 3.8) is 0 Å². The Hall–Kier alpha value is -1.94. The van der Waals surface area contributed by atoms with Crippen LogP contribution in [0.15, 0.2) is 0 Å². The van der Waals surface area contributed by atoms with Crippen molar-refractivity contribution in [1.29, 1.82) is 0 Å². The van der Waals surface area contributed by atoms with E-state index in [0.717, 1.165) is 102 Å². The first-order valence-electron chi connectivity index (χ1n) is 33.6. The normalized spacial score (nSPS) is 14.2. The number of carbonyl (C=O) groups is 4. The van der Waals surface area contributed by atoms with Gasteiger partial charge in [0.05, 0.1) is 26.4 Å². The Labute approximate surface area is 505 Å². The van der Waals surface area contributed by atoms with Gasteiger partial charge in [0.1, 0.15) is 19.3 Å². The zero-order valence-corrected chi connectivity index (χ0v) is 55.1. The Balaban J connectivity index is 5.17.